The van der Waals surface area contributed by atoms with Crippen LogP contribution >= 0.6 is 0 Å². The Morgan fingerprint density at radius 2 is 1.75 bits per heavy atom. The number of halogens is 1. The van der Waals surface area contributed by atoms with Crippen LogP contribution in [0.15, 0.2) is 71.7 Å². The van der Waals surface area contributed by atoms with Crippen molar-refractivity contribution in [2.75, 3.05) is 0 Å². The van der Waals surface area contributed by atoms with Gasteiger partial charge in [0.25, 0.3) is 5.91 Å². The van der Waals surface area contributed by atoms with E-state index in [9.17, 15) is 14.0 Å². The van der Waals surface area contributed by atoms with Crippen LogP contribution in [0.2, 0.25) is 0 Å². The Balaban J connectivity index is 1.70. The fraction of sp³-hybridized carbons (Fsp3) is 0.0526. The quantitative estimate of drug-likeness (QED) is 0.775. The minimum absolute atomic E-state index is 0.152. The van der Waals surface area contributed by atoms with Crippen molar-refractivity contribution in [1.82, 2.24) is 10.3 Å². The molecule has 2 aromatic carbocycles. The molecule has 0 fully saturated rings. The number of pyridine rings is 1. The van der Waals surface area contributed by atoms with Gasteiger partial charge in [0.15, 0.2) is 0 Å². The van der Waals surface area contributed by atoms with Gasteiger partial charge in [-0.05, 0) is 23.3 Å². The van der Waals surface area contributed by atoms with Crippen LogP contribution in [0.1, 0.15) is 15.9 Å². The normalized spacial score (nSPS) is 10.4. The molecule has 0 aliphatic carbocycles. The van der Waals surface area contributed by atoms with E-state index in [4.69, 9.17) is 0 Å². The predicted octanol–water partition coefficient (Wildman–Crippen LogP) is 3.11. The summed E-state index contributed by atoms with van der Waals surface area (Å²) in [5.74, 6) is -0.639. The molecule has 0 saturated heterocycles. The molecule has 0 unspecified atom stereocenters. The smallest absolute Gasteiger partial charge is 0.251 e. The highest BCUT2D eigenvalue weighted by molar-refractivity contribution is 5.94. The lowest BCUT2D eigenvalue weighted by atomic mass is 10.0. The average molecular weight is 322 g/mol. The molecule has 0 atom stereocenters. The minimum atomic E-state index is -0.486. The molecule has 1 amide bonds. The first-order valence-electron chi connectivity index (χ1n) is 7.44. The number of amides is 1. The van der Waals surface area contributed by atoms with E-state index in [-0.39, 0.29) is 17.0 Å². The van der Waals surface area contributed by atoms with Crippen LogP contribution in [0, 0.1) is 5.82 Å². The lowest BCUT2D eigenvalue weighted by Crippen LogP contribution is -2.22. The van der Waals surface area contributed by atoms with Crippen molar-refractivity contribution in [2.24, 2.45) is 0 Å². The van der Waals surface area contributed by atoms with Crippen LogP contribution in [-0.2, 0) is 6.54 Å². The fourth-order valence-corrected chi connectivity index (χ4v) is 2.35. The minimum Gasteiger partial charge on any atom is -0.348 e. The van der Waals surface area contributed by atoms with E-state index in [1.807, 2.05) is 6.07 Å². The summed E-state index contributed by atoms with van der Waals surface area (Å²) in [4.78, 5) is 25.6. The molecule has 1 aromatic heterocycles. The third kappa shape index (κ3) is 3.57. The molecule has 0 aliphatic heterocycles. The number of carbonyl (C=O) groups is 1. The van der Waals surface area contributed by atoms with Crippen molar-refractivity contribution in [3.05, 3.63) is 94.2 Å². The van der Waals surface area contributed by atoms with Gasteiger partial charge < -0.3 is 10.3 Å². The van der Waals surface area contributed by atoms with Gasteiger partial charge in [-0.1, -0.05) is 42.5 Å². The second-order valence-corrected chi connectivity index (χ2v) is 5.30. The van der Waals surface area contributed by atoms with E-state index in [0.717, 1.165) is 11.8 Å². The maximum atomic E-state index is 13.8. The second-order valence-electron chi connectivity index (χ2n) is 5.30. The van der Waals surface area contributed by atoms with Gasteiger partial charge in [0, 0.05) is 29.9 Å². The number of carbonyl (C=O) groups excluding carboxylic acids is 1. The van der Waals surface area contributed by atoms with Crippen molar-refractivity contribution >= 4 is 5.91 Å². The van der Waals surface area contributed by atoms with Crippen molar-refractivity contribution < 1.29 is 9.18 Å². The van der Waals surface area contributed by atoms with Crippen molar-refractivity contribution in [2.45, 2.75) is 6.54 Å². The molecule has 2 N–H and O–H groups in total. The van der Waals surface area contributed by atoms with Gasteiger partial charge in [-0.25, -0.2) is 4.39 Å². The van der Waals surface area contributed by atoms with Gasteiger partial charge in [-0.2, -0.15) is 0 Å². The monoisotopic (exact) mass is 322 g/mol. The first-order valence-corrected chi connectivity index (χ1v) is 7.44. The highest BCUT2D eigenvalue weighted by atomic mass is 19.1. The summed E-state index contributed by atoms with van der Waals surface area (Å²) < 4.78 is 13.8. The number of aromatic nitrogens is 1. The molecule has 24 heavy (non-hydrogen) atoms. The van der Waals surface area contributed by atoms with Crippen LogP contribution in [-0.4, -0.2) is 10.9 Å². The third-order valence-electron chi connectivity index (χ3n) is 3.63. The number of H-pyrrole nitrogens is 1. The van der Waals surface area contributed by atoms with E-state index in [2.05, 4.69) is 10.3 Å². The molecule has 5 heteroatoms. The Morgan fingerprint density at radius 3 is 2.46 bits per heavy atom. The average Bonchev–Trinajstić information content (AvgIpc) is 2.63. The van der Waals surface area contributed by atoms with E-state index >= 15 is 0 Å². The Hall–Kier alpha value is -3.21. The number of nitrogens with one attached hydrogen (secondary N) is 2. The molecule has 3 rings (SSSR count). The summed E-state index contributed by atoms with van der Waals surface area (Å²) in [5.41, 5.74) is 1.98. The zero-order valence-electron chi connectivity index (χ0n) is 12.8. The molecular formula is C19H15FN2O2. The highest BCUT2D eigenvalue weighted by Crippen LogP contribution is 2.21. The molecule has 1 heterocycles. The van der Waals surface area contributed by atoms with E-state index in [0.29, 0.717) is 17.7 Å². The number of hydrogen-bond donors (Lipinski definition) is 2. The maximum absolute atomic E-state index is 13.8. The van der Waals surface area contributed by atoms with Gasteiger partial charge in [0.05, 0.1) is 0 Å². The van der Waals surface area contributed by atoms with Crippen molar-refractivity contribution in [1.29, 1.82) is 0 Å². The molecule has 0 radical (unpaired) electrons. The van der Waals surface area contributed by atoms with Gasteiger partial charge in [0.2, 0.25) is 5.56 Å². The highest BCUT2D eigenvalue weighted by Gasteiger charge is 2.07. The molecule has 3 aromatic rings. The first-order chi connectivity index (χ1) is 11.6. The third-order valence-corrected chi connectivity index (χ3v) is 3.63. The Labute approximate surface area is 138 Å². The predicted molar refractivity (Wildman–Crippen MR) is 90.1 cm³/mol. The molecule has 0 spiro atoms. The van der Waals surface area contributed by atoms with Crippen LogP contribution in [0.4, 0.5) is 4.39 Å². The maximum Gasteiger partial charge on any atom is 0.251 e. The van der Waals surface area contributed by atoms with E-state index in [1.54, 1.807) is 48.5 Å². The summed E-state index contributed by atoms with van der Waals surface area (Å²) >= 11 is 0. The summed E-state index contributed by atoms with van der Waals surface area (Å²) in [6.07, 6.45) is 1.05. The Morgan fingerprint density at radius 1 is 1.04 bits per heavy atom. The van der Waals surface area contributed by atoms with Crippen LogP contribution < -0.4 is 10.9 Å². The zero-order valence-corrected chi connectivity index (χ0v) is 12.8. The van der Waals surface area contributed by atoms with Crippen LogP contribution in [0.25, 0.3) is 11.1 Å². The molecule has 4 nitrogen and oxygen atoms in total. The zero-order chi connectivity index (χ0) is 16.9. The number of benzene rings is 2. The molecule has 120 valence electrons. The summed E-state index contributed by atoms with van der Waals surface area (Å²) in [6.45, 7) is 0.367. The number of hydrogen-bond acceptors (Lipinski definition) is 2. The second kappa shape index (κ2) is 6.91. The molecular weight excluding hydrogens is 307 g/mol. The van der Waals surface area contributed by atoms with Crippen molar-refractivity contribution in [3.8, 4) is 11.1 Å². The Bertz CT molecular complexity index is 903. The van der Waals surface area contributed by atoms with Gasteiger partial charge in [-0.15, -0.1) is 0 Å². The summed E-state index contributed by atoms with van der Waals surface area (Å²) in [6, 6.07) is 17.2. The largest absolute Gasteiger partial charge is 0.348 e. The molecule has 0 bridgehead atoms. The van der Waals surface area contributed by atoms with E-state index in [1.165, 1.54) is 6.07 Å². The van der Waals surface area contributed by atoms with Gasteiger partial charge in [-0.3, -0.25) is 9.59 Å². The number of aromatic amines is 1. The molecule has 0 saturated carbocycles. The SMILES string of the molecule is O=C(NCc1ccc(-c2cc(=O)[nH]cc2F)cc1)c1ccccc1. The van der Waals surface area contributed by atoms with Gasteiger partial charge in [0.1, 0.15) is 5.82 Å². The first kappa shape index (κ1) is 15.7. The van der Waals surface area contributed by atoms with Crippen LogP contribution in [0.5, 0.6) is 0 Å². The standard InChI is InChI=1S/C19H15FN2O2/c20-17-12-21-18(23)10-16(17)14-8-6-13(7-9-14)11-22-19(24)15-4-2-1-3-5-15/h1-10,12H,11H2,(H,21,23)(H,22,24). The fourth-order valence-electron chi connectivity index (χ4n) is 2.35. The lowest BCUT2D eigenvalue weighted by Gasteiger charge is -2.07. The molecule has 0 aliphatic rings. The van der Waals surface area contributed by atoms with Crippen LogP contribution in [0.3, 0.4) is 0 Å². The summed E-state index contributed by atoms with van der Waals surface area (Å²) in [5, 5.41) is 2.83. The summed E-state index contributed by atoms with van der Waals surface area (Å²) in [7, 11) is 0. The lowest BCUT2D eigenvalue weighted by molar-refractivity contribution is 0.0951. The van der Waals surface area contributed by atoms with Gasteiger partial charge >= 0.3 is 0 Å². The topological polar surface area (TPSA) is 62.0 Å². The number of rotatable bonds is 4. The van der Waals surface area contributed by atoms with Crippen molar-refractivity contribution in [3.63, 3.8) is 0 Å². The van der Waals surface area contributed by atoms with E-state index < -0.39 is 5.82 Å². The Kier molecular flexibility index (Phi) is 4.52.